The van der Waals surface area contributed by atoms with Crippen molar-refractivity contribution in [3.8, 4) is 22.4 Å². The van der Waals surface area contributed by atoms with Crippen LogP contribution in [0.3, 0.4) is 0 Å². The van der Waals surface area contributed by atoms with Crippen LogP contribution in [0.1, 0.15) is 0 Å². The van der Waals surface area contributed by atoms with E-state index in [2.05, 4.69) is 10.2 Å². The van der Waals surface area contributed by atoms with Gasteiger partial charge in [0.15, 0.2) is 0 Å². The maximum atomic E-state index is 11.2. The summed E-state index contributed by atoms with van der Waals surface area (Å²) in [6.45, 7) is 0. The molecule has 3 aromatic carbocycles. The molecule has 0 fully saturated rings. The summed E-state index contributed by atoms with van der Waals surface area (Å²) in [7, 11) is 0. The molecule has 0 saturated carbocycles. The van der Waals surface area contributed by atoms with Crippen molar-refractivity contribution >= 4 is 16.6 Å². The Kier molecular flexibility index (Phi) is 3.67. The Morgan fingerprint density at radius 2 is 1.40 bits per heavy atom. The van der Waals surface area contributed by atoms with E-state index in [0.717, 1.165) is 16.7 Å². The van der Waals surface area contributed by atoms with Gasteiger partial charge in [-0.05, 0) is 11.6 Å². The first kappa shape index (κ1) is 15.0. The van der Waals surface area contributed by atoms with Crippen LogP contribution in [0.25, 0.3) is 33.3 Å². The Labute approximate surface area is 143 Å². The predicted octanol–water partition coefficient (Wildman–Crippen LogP) is 4.87. The summed E-state index contributed by atoms with van der Waals surface area (Å²) in [5, 5.41) is 20.6. The molecule has 0 amide bonds. The first-order valence-corrected chi connectivity index (χ1v) is 7.80. The molecule has 0 spiro atoms. The zero-order chi connectivity index (χ0) is 17.2. The van der Waals surface area contributed by atoms with Crippen molar-refractivity contribution in [3.05, 3.63) is 89.0 Å². The molecule has 1 aromatic heterocycles. The fourth-order valence-corrected chi connectivity index (χ4v) is 2.90. The van der Waals surface area contributed by atoms with Gasteiger partial charge >= 0.3 is 0 Å². The molecule has 5 heteroatoms. The van der Waals surface area contributed by atoms with Gasteiger partial charge in [-0.25, -0.2) is 0 Å². The number of non-ortho nitro benzene ring substituents is 1. The molecule has 120 valence electrons. The van der Waals surface area contributed by atoms with E-state index >= 15 is 0 Å². The predicted molar refractivity (Wildman–Crippen MR) is 97.1 cm³/mol. The van der Waals surface area contributed by atoms with Gasteiger partial charge in [-0.15, -0.1) is 10.2 Å². The standard InChI is InChI=1S/C20H13N3O2/c24-23(25)16-11-12-18-17(13-16)19(14-7-3-1-4-8-14)20(22-21-18)15-9-5-2-6-10-15/h1-13H. The van der Waals surface area contributed by atoms with Crippen LogP contribution in [-0.2, 0) is 0 Å². The summed E-state index contributed by atoms with van der Waals surface area (Å²) in [4.78, 5) is 10.8. The highest BCUT2D eigenvalue weighted by Gasteiger charge is 2.17. The second-order valence-electron chi connectivity index (χ2n) is 5.61. The van der Waals surface area contributed by atoms with Crippen molar-refractivity contribution in [2.75, 3.05) is 0 Å². The molecule has 4 rings (SSSR count). The minimum absolute atomic E-state index is 0.0386. The summed E-state index contributed by atoms with van der Waals surface area (Å²) < 4.78 is 0. The normalized spacial score (nSPS) is 10.7. The average Bonchev–Trinajstić information content (AvgIpc) is 2.68. The number of rotatable bonds is 3. The first-order chi connectivity index (χ1) is 12.2. The third kappa shape index (κ3) is 2.72. The summed E-state index contributed by atoms with van der Waals surface area (Å²) in [5.74, 6) is 0. The highest BCUT2D eigenvalue weighted by molar-refractivity contribution is 6.01. The van der Waals surface area contributed by atoms with E-state index < -0.39 is 4.92 Å². The molecular weight excluding hydrogens is 314 g/mol. The van der Waals surface area contributed by atoms with Gasteiger partial charge in [0.05, 0.1) is 10.4 Å². The minimum atomic E-state index is -0.392. The Balaban J connectivity index is 2.10. The number of hydrogen-bond donors (Lipinski definition) is 0. The molecule has 4 aromatic rings. The summed E-state index contributed by atoms with van der Waals surface area (Å²) in [5.41, 5.74) is 4.09. The molecule has 0 aliphatic carbocycles. The summed E-state index contributed by atoms with van der Waals surface area (Å²) >= 11 is 0. The quantitative estimate of drug-likeness (QED) is 0.397. The smallest absolute Gasteiger partial charge is 0.258 e. The second kappa shape index (κ2) is 6.13. The number of nitrogens with zero attached hydrogens (tertiary/aromatic N) is 3. The highest BCUT2D eigenvalue weighted by Crippen LogP contribution is 2.36. The van der Waals surface area contributed by atoms with Crippen molar-refractivity contribution in [2.45, 2.75) is 0 Å². The summed E-state index contributed by atoms with van der Waals surface area (Å²) in [6, 6.07) is 24.1. The van der Waals surface area contributed by atoms with Crippen molar-refractivity contribution in [1.29, 1.82) is 0 Å². The number of aromatic nitrogens is 2. The number of benzene rings is 3. The van der Waals surface area contributed by atoms with Crippen LogP contribution in [0.4, 0.5) is 5.69 Å². The Hall–Kier alpha value is -3.60. The molecule has 0 radical (unpaired) electrons. The molecule has 0 aliphatic rings. The zero-order valence-electron chi connectivity index (χ0n) is 13.2. The molecule has 5 nitrogen and oxygen atoms in total. The van der Waals surface area contributed by atoms with E-state index in [1.54, 1.807) is 12.1 Å². The maximum Gasteiger partial charge on any atom is 0.270 e. The van der Waals surface area contributed by atoms with Crippen LogP contribution < -0.4 is 0 Å². The lowest BCUT2D eigenvalue weighted by Crippen LogP contribution is -1.96. The van der Waals surface area contributed by atoms with Crippen LogP contribution in [0.2, 0.25) is 0 Å². The molecule has 0 unspecified atom stereocenters. The molecule has 0 aliphatic heterocycles. The third-order valence-electron chi connectivity index (χ3n) is 4.06. The van der Waals surface area contributed by atoms with E-state index in [9.17, 15) is 10.1 Å². The molecule has 0 bridgehead atoms. The van der Waals surface area contributed by atoms with Crippen LogP contribution in [-0.4, -0.2) is 15.1 Å². The number of hydrogen-bond acceptors (Lipinski definition) is 4. The molecular formula is C20H13N3O2. The second-order valence-corrected chi connectivity index (χ2v) is 5.61. The molecule has 0 saturated heterocycles. The Morgan fingerprint density at radius 1 is 0.760 bits per heavy atom. The molecule has 0 atom stereocenters. The van der Waals surface area contributed by atoms with Crippen molar-refractivity contribution in [1.82, 2.24) is 10.2 Å². The fraction of sp³-hybridized carbons (Fsp3) is 0. The lowest BCUT2D eigenvalue weighted by Gasteiger charge is -2.12. The highest BCUT2D eigenvalue weighted by atomic mass is 16.6. The van der Waals surface area contributed by atoms with E-state index in [1.165, 1.54) is 6.07 Å². The van der Waals surface area contributed by atoms with Crippen molar-refractivity contribution in [3.63, 3.8) is 0 Å². The van der Waals surface area contributed by atoms with Crippen LogP contribution in [0.15, 0.2) is 78.9 Å². The van der Waals surface area contributed by atoms with Crippen LogP contribution in [0, 0.1) is 10.1 Å². The van der Waals surface area contributed by atoms with Gasteiger partial charge in [-0.3, -0.25) is 10.1 Å². The van der Waals surface area contributed by atoms with Crippen LogP contribution >= 0.6 is 0 Å². The van der Waals surface area contributed by atoms with E-state index in [1.807, 2.05) is 60.7 Å². The summed E-state index contributed by atoms with van der Waals surface area (Å²) in [6.07, 6.45) is 0. The lowest BCUT2D eigenvalue weighted by molar-refractivity contribution is -0.384. The SMILES string of the molecule is O=[N+]([O-])c1ccc2nnc(-c3ccccc3)c(-c3ccccc3)c2c1. The number of fused-ring (bicyclic) bond motifs is 1. The minimum Gasteiger partial charge on any atom is -0.258 e. The fourth-order valence-electron chi connectivity index (χ4n) is 2.90. The van der Waals surface area contributed by atoms with Gasteiger partial charge in [-0.1, -0.05) is 60.7 Å². The van der Waals surface area contributed by atoms with Gasteiger partial charge in [0, 0.05) is 28.6 Å². The van der Waals surface area contributed by atoms with E-state index in [4.69, 9.17) is 0 Å². The van der Waals surface area contributed by atoms with Crippen molar-refractivity contribution < 1.29 is 4.92 Å². The largest absolute Gasteiger partial charge is 0.270 e. The Bertz CT molecular complexity index is 1060. The van der Waals surface area contributed by atoms with Gasteiger partial charge < -0.3 is 0 Å². The zero-order valence-corrected chi connectivity index (χ0v) is 13.2. The number of nitro benzene ring substituents is 1. The first-order valence-electron chi connectivity index (χ1n) is 7.80. The van der Waals surface area contributed by atoms with Gasteiger partial charge in [0.1, 0.15) is 5.69 Å². The Morgan fingerprint density at radius 3 is 2.04 bits per heavy atom. The average molecular weight is 327 g/mol. The topological polar surface area (TPSA) is 68.9 Å². The monoisotopic (exact) mass is 327 g/mol. The third-order valence-corrected chi connectivity index (χ3v) is 4.06. The van der Waals surface area contributed by atoms with Crippen molar-refractivity contribution in [2.24, 2.45) is 0 Å². The lowest BCUT2D eigenvalue weighted by atomic mass is 9.95. The van der Waals surface area contributed by atoms with Gasteiger partial charge in [-0.2, -0.15) is 0 Å². The maximum absolute atomic E-state index is 11.2. The van der Waals surface area contributed by atoms with Crippen LogP contribution in [0.5, 0.6) is 0 Å². The van der Waals surface area contributed by atoms with Gasteiger partial charge in [0.2, 0.25) is 0 Å². The molecule has 0 N–H and O–H groups in total. The molecule has 1 heterocycles. The molecule has 25 heavy (non-hydrogen) atoms. The van der Waals surface area contributed by atoms with E-state index in [-0.39, 0.29) is 5.69 Å². The number of nitro groups is 1. The van der Waals surface area contributed by atoms with E-state index in [0.29, 0.717) is 16.6 Å². The van der Waals surface area contributed by atoms with Gasteiger partial charge in [0.25, 0.3) is 5.69 Å².